The van der Waals surface area contributed by atoms with Gasteiger partial charge >= 0.3 is 0 Å². The van der Waals surface area contributed by atoms with Crippen molar-refractivity contribution in [3.8, 4) is 0 Å². The molecule has 3 aromatic carbocycles. The molecule has 0 radical (unpaired) electrons. The van der Waals surface area contributed by atoms with E-state index in [0.29, 0.717) is 6.54 Å². The van der Waals surface area contributed by atoms with Crippen molar-refractivity contribution in [1.29, 1.82) is 0 Å². The van der Waals surface area contributed by atoms with Crippen LogP contribution < -0.4 is 16.0 Å². The number of aryl methyl sites for hydroxylation is 1. The number of anilines is 2. The molecule has 0 fully saturated rings. The lowest BCUT2D eigenvalue weighted by Crippen LogP contribution is -2.34. The van der Waals surface area contributed by atoms with Gasteiger partial charge < -0.3 is 30.6 Å². The number of hydrogen-bond acceptors (Lipinski definition) is 5. The molecule has 1 aromatic heterocycles. The van der Waals surface area contributed by atoms with E-state index in [1.807, 2.05) is 80.8 Å². The number of fused-ring (bicyclic) bond motifs is 2. The molecule has 0 spiro atoms. The van der Waals surface area contributed by atoms with Gasteiger partial charge in [-0.15, -0.1) is 0 Å². The Labute approximate surface area is 238 Å². The van der Waals surface area contributed by atoms with Gasteiger partial charge in [0.2, 0.25) is 0 Å². The fourth-order valence-electron chi connectivity index (χ4n) is 4.63. The Hall–Kier alpha value is -3.32. The van der Waals surface area contributed by atoms with Gasteiger partial charge in [0, 0.05) is 59.6 Å². The summed E-state index contributed by atoms with van der Waals surface area (Å²) in [6, 6.07) is 21.7. The molecule has 5 rings (SSSR count). The van der Waals surface area contributed by atoms with Crippen LogP contribution in [0.3, 0.4) is 0 Å². The van der Waals surface area contributed by atoms with Crippen molar-refractivity contribution in [2.24, 2.45) is 0 Å². The van der Waals surface area contributed by atoms with Crippen LogP contribution in [0.5, 0.6) is 0 Å². The Morgan fingerprint density at radius 1 is 1.10 bits per heavy atom. The fraction of sp³-hybridized carbons (Fsp3) is 0.344. The van der Waals surface area contributed by atoms with E-state index in [1.54, 1.807) is 0 Å². The van der Waals surface area contributed by atoms with Gasteiger partial charge in [0.25, 0.3) is 0 Å². The number of carbonyl (C=O) groups is 1. The van der Waals surface area contributed by atoms with Gasteiger partial charge in [0.15, 0.2) is 0 Å². The number of halogens is 1. The average Bonchev–Trinajstić information content (AvgIpc) is 3.34. The van der Waals surface area contributed by atoms with Crippen LogP contribution in [0.4, 0.5) is 11.4 Å². The minimum atomic E-state index is -0.244. The number of aromatic amines is 1. The molecule has 0 bridgehead atoms. The lowest BCUT2D eigenvalue weighted by atomic mass is 9.93. The van der Waals surface area contributed by atoms with Crippen molar-refractivity contribution in [2.45, 2.75) is 38.3 Å². The molecule has 2 unspecified atom stereocenters. The molecule has 0 aliphatic carbocycles. The van der Waals surface area contributed by atoms with Crippen molar-refractivity contribution in [1.82, 2.24) is 15.2 Å². The number of nitrogens with one attached hydrogen (secondary N) is 2. The standard InChI is InChI=1S/C19H21N3O.C10H12ClN.C3H9N/c1-13(17-11-22-18-5-3-2-4-16(17)18)19(12-23)21-10-14-6-8-15(20)9-7-14;1-12-6-2-3-8-7-9(11)4-5-10(8)12;1-4(2)3/h2-9,11-13,19,21-22H,10,20H2,1H3;4-5,7H,2-3,6H2,1H3;1-3H3. The molecule has 2 heterocycles. The summed E-state index contributed by atoms with van der Waals surface area (Å²) in [5.41, 5.74) is 12.5. The molecule has 0 saturated heterocycles. The van der Waals surface area contributed by atoms with E-state index in [0.717, 1.165) is 40.2 Å². The maximum Gasteiger partial charge on any atom is 0.137 e. The zero-order valence-corrected chi connectivity index (χ0v) is 24.5. The Bertz CT molecular complexity index is 1320. The largest absolute Gasteiger partial charge is 0.399 e. The lowest BCUT2D eigenvalue weighted by Gasteiger charge is -2.27. The second kappa shape index (κ2) is 14.7. The number of rotatable bonds is 6. The first-order valence-electron chi connectivity index (χ1n) is 13.4. The van der Waals surface area contributed by atoms with Gasteiger partial charge in [-0.25, -0.2) is 0 Å². The number of hydrogen-bond donors (Lipinski definition) is 3. The highest BCUT2D eigenvalue weighted by Gasteiger charge is 2.20. The van der Waals surface area contributed by atoms with Crippen LogP contribution in [0.2, 0.25) is 5.02 Å². The first-order chi connectivity index (χ1) is 18.7. The summed E-state index contributed by atoms with van der Waals surface area (Å²) in [6.07, 6.45) is 5.39. The number of para-hydroxylation sites is 1. The van der Waals surface area contributed by atoms with Crippen molar-refractivity contribution in [3.63, 3.8) is 0 Å². The lowest BCUT2D eigenvalue weighted by molar-refractivity contribution is -0.110. The number of nitrogens with two attached hydrogens (primary N) is 1. The third kappa shape index (κ3) is 8.85. The maximum absolute atomic E-state index is 11.6. The summed E-state index contributed by atoms with van der Waals surface area (Å²) < 4.78 is 0. The quantitative estimate of drug-likeness (QED) is 0.200. The average molecular weight is 548 g/mol. The first-order valence-corrected chi connectivity index (χ1v) is 13.8. The van der Waals surface area contributed by atoms with Crippen molar-refractivity contribution in [2.75, 3.05) is 45.4 Å². The van der Waals surface area contributed by atoms with Crippen LogP contribution >= 0.6 is 11.6 Å². The van der Waals surface area contributed by atoms with Gasteiger partial charge in [-0.2, -0.15) is 0 Å². The van der Waals surface area contributed by atoms with Crippen LogP contribution in [0, 0.1) is 0 Å². The SMILES string of the molecule is CC(c1c[nH]c2ccccc12)C(C=O)NCc1ccc(N)cc1.CN(C)C.CN1CCCc2cc(Cl)ccc21. The van der Waals surface area contributed by atoms with E-state index < -0.39 is 0 Å². The van der Waals surface area contributed by atoms with Gasteiger partial charge in [0.05, 0.1) is 6.04 Å². The Morgan fingerprint density at radius 3 is 2.49 bits per heavy atom. The summed E-state index contributed by atoms with van der Waals surface area (Å²) in [5.74, 6) is 0.0810. The third-order valence-corrected chi connectivity index (χ3v) is 6.95. The Morgan fingerprint density at radius 2 is 1.79 bits per heavy atom. The zero-order valence-electron chi connectivity index (χ0n) is 23.7. The number of nitrogen functional groups attached to an aromatic ring is 1. The molecular formula is C32H42ClN5O. The molecule has 39 heavy (non-hydrogen) atoms. The van der Waals surface area contributed by atoms with Crippen LogP contribution in [-0.2, 0) is 17.8 Å². The smallest absolute Gasteiger partial charge is 0.137 e. The summed E-state index contributed by atoms with van der Waals surface area (Å²) in [7, 11) is 8.13. The van der Waals surface area contributed by atoms with Gasteiger partial charge in [-0.05, 0) is 87.1 Å². The molecule has 208 valence electrons. The molecule has 2 atom stereocenters. The minimum Gasteiger partial charge on any atom is -0.399 e. The minimum absolute atomic E-state index is 0.0810. The molecule has 1 aliphatic rings. The molecule has 4 aromatic rings. The predicted octanol–water partition coefficient (Wildman–Crippen LogP) is 6.11. The first kappa shape index (κ1) is 30.2. The second-order valence-electron chi connectivity index (χ2n) is 10.5. The van der Waals surface area contributed by atoms with Crippen LogP contribution in [0.1, 0.15) is 36.0 Å². The highest BCUT2D eigenvalue weighted by molar-refractivity contribution is 6.30. The number of benzene rings is 3. The second-order valence-corrected chi connectivity index (χ2v) is 10.9. The highest BCUT2D eigenvalue weighted by atomic mass is 35.5. The van der Waals surface area contributed by atoms with E-state index in [9.17, 15) is 4.79 Å². The summed E-state index contributed by atoms with van der Waals surface area (Å²) in [6.45, 7) is 3.87. The number of H-pyrrole nitrogens is 1. The molecule has 7 heteroatoms. The van der Waals surface area contributed by atoms with Crippen molar-refractivity contribution in [3.05, 3.63) is 94.6 Å². The summed E-state index contributed by atoms with van der Waals surface area (Å²) >= 11 is 5.91. The molecule has 1 aliphatic heterocycles. The van der Waals surface area contributed by atoms with Crippen molar-refractivity contribution < 1.29 is 4.79 Å². The molecule has 0 saturated carbocycles. The van der Waals surface area contributed by atoms with E-state index in [4.69, 9.17) is 17.3 Å². The van der Waals surface area contributed by atoms with Gasteiger partial charge in [0.1, 0.15) is 6.29 Å². The van der Waals surface area contributed by atoms with E-state index in [2.05, 4.69) is 47.4 Å². The number of aldehydes is 1. The van der Waals surface area contributed by atoms with E-state index in [1.165, 1.54) is 29.5 Å². The van der Waals surface area contributed by atoms with Crippen molar-refractivity contribution >= 4 is 40.2 Å². The predicted molar refractivity (Wildman–Crippen MR) is 167 cm³/mol. The highest BCUT2D eigenvalue weighted by Crippen LogP contribution is 2.28. The van der Waals surface area contributed by atoms with Gasteiger partial charge in [-0.1, -0.05) is 48.9 Å². The molecular weight excluding hydrogens is 506 g/mol. The summed E-state index contributed by atoms with van der Waals surface area (Å²) in [4.78, 5) is 19.1. The number of aromatic nitrogens is 1. The van der Waals surface area contributed by atoms with Crippen LogP contribution in [0.25, 0.3) is 10.9 Å². The fourth-order valence-corrected chi connectivity index (χ4v) is 4.83. The van der Waals surface area contributed by atoms with Crippen LogP contribution in [-0.4, -0.2) is 56.9 Å². The molecule has 6 nitrogen and oxygen atoms in total. The Kier molecular flexibility index (Phi) is 11.4. The monoisotopic (exact) mass is 547 g/mol. The molecule has 0 amide bonds. The third-order valence-electron chi connectivity index (χ3n) is 6.71. The Balaban J connectivity index is 0.000000218. The number of carbonyl (C=O) groups excluding carboxylic acids is 1. The maximum atomic E-state index is 11.6. The normalized spacial score (nSPS) is 14.0. The summed E-state index contributed by atoms with van der Waals surface area (Å²) in [5, 5.41) is 5.35. The van der Waals surface area contributed by atoms with Crippen LogP contribution in [0.15, 0.2) is 72.9 Å². The van der Waals surface area contributed by atoms with E-state index in [-0.39, 0.29) is 12.0 Å². The molecule has 4 N–H and O–H groups in total. The number of nitrogens with zero attached hydrogens (tertiary/aromatic N) is 2. The zero-order chi connectivity index (χ0) is 28.4. The van der Waals surface area contributed by atoms with E-state index >= 15 is 0 Å². The topological polar surface area (TPSA) is 77.4 Å². The van der Waals surface area contributed by atoms with Gasteiger partial charge in [-0.3, -0.25) is 0 Å².